The normalized spacial score (nSPS) is 24.4. The van der Waals surface area contributed by atoms with Gasteiger partial charge in [-0.15, -0.1) is 0 Å². The lowest BCUT2D eigenvalue weighted by Crippen LogP contribution is -2.55. The zero-order valence-electron chi connectivity index (χ0n) is 13.1. The molecule has 3 rings (SSSR count). The second-order valence-electron chi connectivity index (χ2n) is 6.01. The number of carbonyl (C=O) groups excluding carboxylic acids is 1. The molecule has 1 aromatic rings. The molecular formula is C16H19F3N2O3. The van der Waals surface area contributed by atoms with Gasteiger partial charge < -0.3 is 14.4 Å². The summed E-state index contributed by atoms with van der Waals surface area (Å²) in [6, 6.07) is 2.74. The number of ether oxygens (including phenoxy) is 2. The van der Waals surface area contributed by atoms with Crippen LogP contribution in [0.1, 0.15) is 36.2 Å². The monoisotopic (exact) mass is 344 g/mol. The number of hydrogen-bond donors (Lipinski definition) is 0. The predicted octanol–water partition coefficient (Wildman–Crippen LogP) is 2.81. The van der Waals surface area contributed by atoms with Crippen molar-refractivity contribution in [2.45, 2.75) is 44.0 Å². The molecule has 132 valence electrons. The molecule has 1 saturated carbocycles. The standard InChI is InChI=1S/C16H19F3N2O3/c17-16(18,19)10-24-13-6-3-7-20-14(13)15(22)21-8-9-23-12-5-2-1-4-11(12)21/h3,6-7,11-12H,1-2,4-5,8-10H2/t11-,12+/m0/s1. The second kappa shape index (κ2) is 6.96. The van der Waals surface area contributed by atoms with Crippen molar-refractivity contribution in [1.29, 1.82) is 0 Å². The fourth-order valence-corrected chi connectivity index (χ4v) is 3.31. The van der Waals surface area contributed by atoms with Gasteiger partial charge in [0.15, 0.2) is 18.1 Å². The van der Waals surface area contributed by atoms with Gasteiger partial charge in [0.25, 0.3) is 5.91 Å². The molecule has 2 heterocycles. The fraction of sp³-hybridized carbons (Fsp3) is 0.625. The molecule has 0 spiro atoms. The maximum atomic E-state index is 12.8. The van der Waals surface area contributed by atoms with Crippen LogP contribution in [0.15, 0.2) is 18.3 Å². The number of amides is 1. The van der Waals surface area contributed by atoms with E-state index in [2.05, 4.69) is 4.98 Å². The first kappa shape index (κ1) is 17.0. The third-order valence-corrected chi connectivity index (χ3v) is 4.36. The second-order valence-corrected chi connectivity index (χ2v) is 6.01. The van der Waals surface area contributed by atoms with Crippen LogP contribution >= 0.6 is 0 Å². The van der Waals surface area contributed by atoms with Crippen LogP contribution in [0.4, 0.5) is 13.2 Å². The van der Waals surface area contributed by atoms with Gasteiger partial charge in [0.05, 0.1) is 18.8 Å². The van der Waals surface area contributed by atoms with Gasteiger partial charge >= 0.3 is 6.18 Å². The minimum Gasteiger partial charge on any atom is -0.482 e. The van der Waals surface area contributed by atoms with Crippen LogP contribution in [-0.2, 0) is 4.74 Å². The first-order valence-corrected chi connectivity index (χ1v) is 8.03. The fourth-order valence-electron chi connectivity index (χ4n) is 3.31. The SMILES string of the molecule is O=C(c1ncccc1OCC(F)(F)F)N1CCO[C@@H]2CCCC[C@@H]21. The zero-order chi connectivity index (χ0) is 17.2. The molecule has 8 heteroatoms. The lowest BCUT2D eigenvalue weighted by molar-refractivity contribution is -0.153. The van der Waals surface area contributed by atoms with Gasteiger partial charge in [-0.05, 0) is 25.0 Å². The summed E-state index contributed by atoms with van der Waals surface area (Å²) in [5.74, 6) is -0.536. The van der Waals surface area contributed by atoms with Crippen molar-refractivity contribution >= 4 is 5.91 Å². The summed E-state index contributed by atoms with van der Waals surface area (Å²) in [6.45, 7) is -0.609. The Kier molecular flexibility index (Phi) is 4.93. The first-order chi connectivity index (χ1) is 11.5. The number of alkyl halides is 3. The Morgan fingerprint density at radius 2 is 2.17 bits per heavy atom. The van der Waals surface area contributed by atoms with E-state index in [1.54, 1.807) is 4.90 Å². The topological polar surface area (TPSA) is 51.7 Å². The van der Waals surface area contributed by atoms with Crippen molar-refractivity contribution in [3.63, 3.8) is 0 Å². The van der Waals surface area contributed by atoms with Crippen LogP contribution < -0.4 is 4.74 Å². The number of fused-ring (bicyclic) bond motifs is 1. The molecule has 1 aromatic heterocycles. The Bertz CT molecular complexity index is 592. The third-order valence-electron chi connectivity index (χ3n) is 4.36. The van der Waals surface area contributed by atoms with Gasteiger partial charge in [-0.3, -0.25) is 4.79 Å². The summed E-state index contributed by atoms with van der Waals surface area (Å²) in [5, 5.41) is 0. The van der Waals surface area contributed by atoms with Crippen LogP contribution in [0, 0.1) is 0 Å². The van der Waals surface area contributed by atoms with Gasteiger partial charge in [0.2, 0.25) is 0 Å². The third kappa shape index (κ3) is 3.80. The highest BCUT2D eigenvalue weighted by molar-refractivity contribution is 5.95. The lowest BCUT2D eigenvalue weighted by Gasteiger charge is -2.43. The number of rotatable bonds is 3. The molecule has 1 aliphatic heterocycles. The summed E-state index contributed by atoms with van der Waals surface area (Å²) in [7, 11) is 0. The maximum absolute atomic E-state index is 12.8. The van der Waals surface area contributed by atoms with E-state index in [9.17, 15) is 18.0 Å². The van der Waals surface area contributed by atoms with Crippen molar-refractivity contribution in [2.75, 3.05) is 19.8 Å². The van der Waals surface area contributed by atoms with Crippen molar-refractivity contribution in [2.24, 2.45) is 0 Å². The summed E-state index contributed by atoms with van der Waals surface area (Å²) in [6.07, 6.45) is 0.715. The number of hydrogen-bond acceptors (Lipinski definition) is 4. The summed E-state index contributed by atoms with van der Waals surface area (Å²) >= 11 is 0. The Morgan fingerprint density at radius 3 is 2.96 bits per heavy atom. The molecule has 2 fully saturated rings. The molecule has 0 radical (unpaired) electrons. The average molecular weight is 344 g/mol. The van der Waals surface area contributed by atoms with Crippen molar-refractivity contribution < 1.29 is 27.4 Å². The van der Waals surface area contributed by atoms with Gasteiger partial charge in [0.1, 0.15) is 0 Å². The minimum atomic E-state index is -4.47. The van der Waals surface area contributed by atoms with Crippen molar-refractivity contribution in [1.82, 2.24) is 9.88 Å². The van der Waals surface area contributed by atoms with E-state index in [0.717, 1.165) is 25.7 Å². The number of aromatic nitrogens is 1. The van der Waals surface area contributed by atoms with Crippen LogP contribution in [0.3, 0.4) is 0 Å². The van der Waals surface area contributed by atoms with Crippen molar-refractivity contribution in [3.05, 3.63) is 24.0 Å². The van der Waals surface area contributed by atoms with Crippen LogP contribution in [-0.4, -0.2) is 53.9 Å². The number of carbonyl (C=O) groups is 1. The quantitative estimate of drug-likeness (QED) is 0.846. The summed E-state index contributed by atoms with van der Waals surface area (Å²) in [4.78, 5) is 18.5. The molecule has 1 aliphatic carbocycles. The summed E-state index contributed by atoms with van der Waals surface area (Å²) in [5.41, 5.74) is -0.0760. The molecule has 0 bridgehead atoms. The van der Waals surface area contributed by atoms with Crippen LogP contribution in [0.2, 0.25) is 0 Å². The molecule has 5 nitrogen and oxygen atoms in total. The van der Waals surface area contributed by atoms with Gasteiger partial charge in [-0.25, -0.2) is 4.98 Å². The molecular weight excluding hydrogens is 325 g/mol. The molecule has 1 amide bonds. The van der Waals surface area contributed by atoms with Crippen LogP contribution in [0.5, 0.6) is 5.75 Å². The molecule has 2 atom stereocenters. The van der Waals surface area contributed by atoms with Gasteiger partial charge in [-0.1, -0.05) is 12.8 Å². The number of halogens is 3. The Morgan fingerprint density at radius 1 is 1.38 bits per heavy atom. The molecule has 2 aliphatic rings. The molecule has 1 saturated heterocycles. The number of morpholine rings is 1. The highest BCUT2D eigenvalue weighted by Crippen LogP contribution is 2.30. The average Bonchev–Trinajstić information content (AvgIpc) is 2.58. The van der Waals surface area contributed by atoms with E-state index < -0.39 is 18.7 Å². The van der Waals surface area contributed by atoms with Crippen molar-refractivity contribution in [3.8, 4) is 5.75 Å². The smallest absolute Gasteiger partial charge is 0.422 e. The van der Waals surface area contributed by atoms with Gasteiger partial charge in [-0.2, -0.15) is 13.2 Å². The maximum Gasteiger partial charge on any atom is 0.422 e. The Labute approximate surface area is 137 Å². The zero-order valence-corrected chi connectivity index (χ0v) is 13.1. The highest BCUT2D eigenvalue weighted by Gasteiger charge is 2.38. The lowest BCUT2D eigenvalue weighted by atomic mass is 9.90. The van der Waals surface area contributed by atoms with E-state index in [0.29, 0.717) is 13.2 Å². The Balaban J connectivity index is 1.79. The van der Waals surface area contributed by atoms with Gasteiger partial charge in [0, 0.05) is 12.7 Å². The summed E-state index contributed by atoms with van der Waals surface area (Å²) < 4.78 is 47.7. The van der Waals surface area contributed by atoms with E-state index in [4.69, 9.17) is 9.47 Å². The van der Waals surface area contributed by atoms with E-state index >= 15 is 0 Å². The molecule has 0 unspecified atom stereocenters. The first-order valence-electron chi connectivity index (χ1n) is 8.03. The van der Waals surface area contributed by atoms with E-state index in [1.165, 1.54) is 18.3 Å². The van der Waals surface area contributed by atoms with E-state index in [-0.39, 0.29) is 23.6 Å². The number of pyridine rings is 1. The van der Waals surface area contributed by atoms with Crippen LogP contribution in [0.25, 0.3) is 0 Å². The Hall–Kier alpha value is -1.83. The number of nitrogens with zero attached hydrogens (tertiary/aromatic N) is 2. The van der Waals surface area contributed by atoms with E-state index in [1.807, 2.05) is 0 Å². The largest absolute Gasteiger partial charge is 0.482 e. The molecule has 0 N–H and O–H groups in total. The molecule has 0 aromatic carbocycles. The highest BCUT2D eigenvalue weighted by atomic mass is 19.4. The minimum absolute atomic E-state index is 0.000272. The predicted molar refractivity (Wildman–Crippen MR) is 78.8 cm³/mol. The molecule has 24 heavy (non-hydrogen) atoms.